The van der Waals surface area contributed by atoms with Crippen LogP contribution in [0.1, 0.15) is 25.1 Å². The molecule has 1 fully saturated rings. The first-order chi connectivity index (χ1) is 12.9. The minimum Gasteiger partial charge on any atom is -0.372 e. The highest BCUT2D eigenvalue weighted by molar-refractivity contribution is 7.13. The van der Waals surface area contributed by atoms with Crippen molar-refractivity contribution in [3.8, 4) is 22.1 Å². The SMILES string of the molecule is c1cc(N2CCCCC2)ccc1-c1nc(-c2nnc3n2CCNC3)cs1. The highest BCUT2D eigenvalue weighted by Gasteiger charge is 2.19. The molecule has 0 amide bonds. The molecular weight excluding hydrogens is 344 g/mol. The smallest absolute Gasteiger partial charge is 0.183 e. The molecule has 3 aromatic rings. The third kappa shape index (κ3) is 2.91. The zero-order valence-electron chi connectivity index (χ0n) is 14.7. The maximum absolute atomic E-state index is 4.83. The van der Waals surface area contributed by atoms with E-state index < -0.39 is 0 Å². The Labute approximate surface area is 156 Å². The maximum atomic E-state index is 4.83. The van der Waals surface area contributed by atoms with E-state index in [-0.39, 0.29) is 0 Å². The largest absolute Gasteiger partial charge is 0.372 e. The van der Waals surface area contributed by atoms with Gasteiger partial charge in [0.1, 0.15) is 16.5 Å². The van der Waals surface area contributed by atoms with Crippen LogP contribution < -0.4 is 10.2 Å². The Morgan fingerprint density at radius 2 is 1.81 bits per heavy atom. The second kappa shape index (κ2) is 6.81. The van der Waals surface area contributed by atoms with E-state index in [0.29, 0.717) is 0 Å². The average Bonchev–Trinajstić information content (AvgIpc) is 3.36. The predicted octanol–water partition coefficient (Wildman–Crippen LogP) is 3.16. The van der Waals surface area contributed by atoms with E-state index in [1.54, 1.807) is 11.3 Å². The molecule has 6 nitrogen and oxygen atoms in total. The van der Waals surface area contributed by atoms with Gasteiger partial charge >= 0.3 is 0 Å². The molecule has 26 heavy (non-hydrogen) atoms. The van der Waals surface area contributed by atoms with Crippen molar-refractivity contribution >= 4 is 17.0 Å². The molecule has 0 aliphatic carbocycles. The van der Waals surface area contributed by atoms with Gasteiger partial charge in [-0.2, -0.15) is 0 Å². The van der Waals surface area contributed by atoms with Crippen LogP contribution in [-0.4, -0.2) is 39.4 Å². The third-order valence-corrected chi connectivity index (χ3v) is 6.08. The molecule has 4 heterocycles. The fraction of sp³-hybridized carbons (Fsp3) is 0.421. The van der Waals surface area contributed by atoms with Gasteiger partial charge in [0, 0.05) is 42.8 Å². The van der Waals surface area contributed by atoms with Crippen molar-refractivity contribution in [2.45, 2.75) is 32.4 Å². The van der Waals surface area contributed by atoms with Crippen LogP contribution in [0.25, 0.3) is 22.1 Å². The molecule has 0 unspecified atom stereocenters. The molecule has 134 valence electrons. The number of rotatable bonds is 3. The van der Waals surface area contributed by atoms with Crippen molar-refractivity contribution in [3.63, 3.8) is 0 Å². The molecule has 0 bridgehead atoms. The zero-order valence-corrected chi connectivity index (χ0v) is 15.5. The van der Waals surface area contributed by atoms with E-state index in [0.717, 1.165) is 42.0 Å². The van der Waals surface area contributed by atoms with Gasteiger partial charge in [-0.3, -0.25) is 0 Å². The van der Waals surface area contributed by atoms with E-state index in [9.17, 15) is 0 Å². The molecule has 1 aromatic carbocycles. The van der Waals surface area contributed by atoms with Crippen LogP contribution in [0.15, 0.2) is 29.6 Å². The average molecular weight is 366 g/mol. The molecule has 0 saturated carbocycles. The molecule has 2 aromatic heterocycles. The normalized spacial score (nSPS) is 17.3. The Hall–Kier alpha value is -2.25. The van der Waals surface area contributed by atoms with E-state index >= 15 is 0 Å². The van der Waals surface area contributed by atoms with Gasteiger partial charge in [0.05, 0.1) is 6.54 Å². The topological polar surface area (TPSA) is 58.9 Å². The minimum absolute atomic E-state index is 0.780. The van der Waals surface area contributed by atoms with Crippen molar-refractivity contribution in [1.82, 2.24) is 25.1 Å². The first-order valence-electron chi connectivity index (χ1n) is 9.32. The zero-order chi connectivity index (χ0) is 17.3. The Morgan fingerprint density at radius 3 is 2.65 bits per heavy atom. The van der Waals surface area contributed by atoms with Crippen molar-refractivity contribution in [2.75, 3.05) is 24.5 Å². The first-order valence-corrected chi connectivity index (χ1v) is 10.2. The number of benzene rings is 1. The van der Waals surface area contributed by atoms with Gasteiger partial charge in [0.25, 0.3) is 0 Å². The van der Waals surface area contributed by atoms with Crippen LogP contribution in [0.4, 0.5) is 5.69 Å². The lowest BCUT2D eigenvalue weighted by atomic mass is 10.1. The number of thiazole rings is 1. The number of hydrogen-bond acceptors (Lipinski definition) is 6. The highest BCUT2D eigenvalue weighted by atomic mass is 32.1. The summed E-state index contributed by atoms with van der Waals surface area (Å²) in [6.07, 6.45) is 3.96. The third-order valence-electron chi connectivity index (χ3n) is 5.19. The molecule has 1 N–H and O–H groups in total. The number of nitrogens with zero attached hydrogens (tertiary/aromatic N) is 5. The number of hydrogen-bond donors (Lipinski definition) is 1. The Kier molecular flexibility index (Phi) is 4.18. The lowest BCUT2D eigenvalue weighted by molar-refractivity contribution is 0.508. The second-order valence-corrected chi connectivity index (χ2v) is 7.76. The summed E-state index contributed by atoms with van der Waals surface area (Å²) in [5, 5.41) is 15.1. The van der Waals surface area contributed by atoms with E-state index in [1.165, 1.54) is 43.6 Å². The van der Waals surface area contributed by atoms with Gasteiger partial charge in [-0.25, -0.2) is 4.98 Å². The van der Waals surface area contributed by atoms with Gasteiger partial charge in [-0.1, -0.05) is 0 Å². The first kappa shape index (κ1) is 16.0. The Balaban J connectivity index is 1.39. The van der Waals surface area contributed by atoms with Crippen LogP contribution in [0.5, 0.6) is 0 Å². The molecule has 0 spiro atoms. The summed E-state index contributed by atoms with van der Waals surface area (Å²) in [4.78, 5) is 7.32. The molecule has 0 atom stereocenters. The molecule has 0 radical (unpaired) electrons. The lowest BCUT2D eigenvalue weighted by Gasteiger charge is -2.28. The summed E-state index contributed by atoms with van der Waals surface area (Å²) in [7, 11) is 0. The van der Waals surface area contributed by atoms with Crippen LogP contribution in [-0.2, 0) is 13.1 Å². The van der Waals surface area contributed by atoms with Gasteiger partial charge in [0.2, 0.25) is 0 Å². The fourth-order valence-corrected chi connectivity index (χ4v) is 4.56. The molecule has 5 rings (SSSR count). The molecule has 2 aliphatic rings. The maximum Gasteiger partial charge on any atom is 0.183 e. The van der Waals surface area contributed by atoms with Gasteiger partial charge < -0.3 is 14.8 Å². The van der Waals surface area contributed by atoms with Crippen molar-refractivity contribution in [2.24, 2.45) is 0 Å². The van der Waals surface area contributed by atoms with Crippen molar-refractivity contribution in [3.05, 3.63) is 35.5 Å². The summed E-state index contributed by atoms with van der Waals surface area (Å²) in [5.41, 5.74) is 3.41. The summed E-state index contributed by atoms with van der Waals surface area (Å²) in [6, 6.07) is 8.84. The standard InChI is InChI=1S/C19H22N6S/c1-2-9-24(10-3-1)15-6-4-14(5-7-15)19-21-16(13-26-19)18-23-22-17-12-20-8-11-25(17)18/h4-7,13,20H,1-3,8-12H2. The second-order valence-electron chi connectivity index (χ2n) is 6.90. The Morgan fingerprint density at radius 1 is 0.962 bits per heavy atom. The number of nitrogens with one attached hydrogen (secondary N) is 1. The molecular formula is C19H22N6S. The number of piperidine rings is 1. The number of anilines is 1. The van der Waals surface area contributed by atoms with Gasteiger partial charge in [-0.15, -0.1) is 21.5 Å². The fourth-order valence-electron chi connectivity index (χ4n) is 3.76. The van der Waals surface area contributed by atoms with E-state index in [4.69, 9.17) is 4.98 Å². The van der Waals surface area contributed by atoms with Crippen molar-refractivity contribution < 1.29 is 0 Å². The van der Waals surface area contributed by atoms with Crippen LogP contribution in [0.3, 0.4) is 0 Å². The monoisotopic (exact) mass is 366 g/mol. The summed E-state index contributed by atoms with van der Waals surface area (Å²) >= 11 is 1.67. The van der Waals surface area contributed by atoms with Gasteiger partial charge in [0.15, 0.2) is 5.82 Å². The van der Waals surface area contributed by atoms with Crippen LogP contribution in [0.2, 0.25) is 0 Å². The molecule has 2 aliphatic heterocycles. The quantitative estimate of drug-likeness (QED) is 0.772. The van der Waals surface area contributed by atoms with E-state index in [1.807, 2.05) is 0 Å². The molecule has 1 saturated heterocycles. The Bertz CT molecular complexity index is 891. The number of fused-ring (bicyclic) bond motifs is 1. The minimum atomic E-state index is 0.780. The predicted molar refractivity (Wildman–Crippen MR) is 104 cm³/mol. The van der Waals surface area contributed by atoms with Crippen LogP contribution >= 0.6 is 11.3 Å². The summed E-state index contributed by atoms with van der Waals surface area (Å²) < 4.78 is 2.18. The molecule has 7 heteroatoms. The van der Waals surface area contributed by atoms with E-state index in [2.05, 4.69) is 54.6 Å². The van der Waals surface area contributed by atoms with Crippen LogP contribution in [0, 0.1) is 0 Å². The number of aromatic nitrogens is 4. The lowest BCUT2D eigenvalue weighted by Crippen LogP contribution is -2.29. The van der Waals surface area contributed by atoms with Gasteiger partial charge in [-0.05, 0) is 43.5 Å². The summed E-state index contributed by atoms with van der Waals surface area (Å²) in [5.74, 6) is 1.88. The van der Waals surface area contributed by atoms with Crippen molar-refractivity contribution in [1.29, 1.82) is 0 Å². The summed E-state index contributed by atoms with van der Waals surface area (Å²) in [6.45, 7) is 4.98. The highest BCUT2D eigenvalue weighted by Crippen LogP contribution is 2.30.